The van der Waals surface area contributed by atoms with Gasteiger partial charge in [-0.25, -0.2) is 13.6 Å². The summed E-state index contributed by atoms with van der Waals surface area (Å²) < 4.78 is 31.2. The molecule has 0 aliphatic rings. The molecule has 4 nitrogen and oxygen atoms in total. The van der Waals surface area contributed by atoms with E-state index in [9.17, 15) is 18.4 Å². The number of nitrogens with one attached hydrogen (secondary N) is 1. The van der Waals surface area contributed by atoms with E-state index in [0.717, 1.165) is 12.1 Å². The summed E-state index contributed by atoms with van der Waals surface area (Å²) in [7, 11) is 1.24. The van der Waals surface area contributed by atoms with E-state index < -0.39 is 29.6 Å². The summed E-state index contributed by atoms with van der Waals surface area (Å²) in [5, 5.41) is 2.60. The van der Waals surface area contributed by atoms with Gasteiger partial charge in [-0.15, -0.1) is 0 Å². The van der Waals surface area contributed by atoms with E-state index in [1.807, 2.05) is 0 Å². The summed E-state index contributed by atoms with van der Waals surface area (Å²) in [5.41, 5.74) is 0.645. The zero-order valence-corrected chi connectivity index (χ0v) is 12.6. The van der Waals surface area contributed by atoms with Crippen LogP contribution in [-0.4, -0.2) is 19.0 Å². The summed E-state index contributed by atoms with van der Waals surface area (Å²) in [6, 6.07) is 8.47. The smallest absolute Gasteiger partial charge is 0.337 e. The van der Waals surface area contributed by atoms with Gasteiger partial charge in [0.1, 0.15) is 11.6 Å². The normalized spacial score (nSPS) is 11.7. The minimum Gasteiger partial charge on any atom is -0.465 e. The van der Waals surface area contributed by atoms with Gasteiger partial charge in [0, 0.05) is 17.2 Å². The first-order valence-electron chi connectivity index (χ1n) is 6.86. The number of ether oxygens (including phenoxy) is 1. The van der Waals surface area contributed by atoms with Gasteiger partial charge in [-0.1, -0.05) is 12.1 Å². The van der Waals surface area contributed by atoms with Gasteiger partial charge in [-0.3, -0.25) is 4.79 Å². The van der Waals surface area contributed by atoms with Gasteiger partial charge >= 0.3 is 5.97 Å². The number of benzene rings is 2. The molecule has 0 bridgehead atoms. The lowest BCUT2D eigenvalue weighted by Gasteiger charge is -2.15. The van der Waals surface area contributed by atoms with Gasteiger partial charge in [0.2, 0.25) is 0 Å². The average molecular weight is 319 g/mol. The van der Waals surface area contributed by atoms with Crippen LogP contribution in [0.15, 0.2) is 42.5 Å². The second-order valence-corrected chi connectivity index (χ2v) is 4.93. The monoisotopic (exact) mass is 319 g/mol. The van der Waals surface area contributed by atoms with E-state index in [1.54, 1.807) is 13.0 Å². The van der Waals surface area contributed by atoms with Crippen LogP contribution in [0.5, 0.6) is 0 Å². The van der Waals surface area contributed by atoms with Crippen LogP contribution < -0.4 is 5.32 Å². The molecule has 2 aromatic carbocycles. The molecule has 0 aliphatic heterocycles. The third-order valence-electron chi connectivity index (χ3n) is 3.32. The number of hydrogen-bond donors (Lipinski definition) is 1. The molecule has 0 fully saturated rings. The highest BCUT2D eigenvalue weighted by Crippen LogP contribution is 2.18. The molecule has 0 saturated carbocycles. The Morgan fingerprint density at radius 1 is 1.09 bits per heavy atom. The molecule has 0 spiro atoms. The minimum atomic E-state index is -0.735. The Kier molecular flexibility index (Phi) is 5.05. The van der Waals surface area contributed by atoms with Gasteiger partial charge in [-0.2, -0.15) is 0 Å². The molecule has 120 valence electrons. The quantitative estimate of drug-likeness (QED) is 0.880. The van der Waals surface area contributed by atoms with Crippen molar-refractivity contribution < 1.29 is 23.1 Å². The fraction of sp³-hybridized carbons (Fsp3) is 0.176. The third kappa shape index (κ3) is 3.91. The number of carbonyl (C=O) groups excluding carboxylic acids is 2. The molecule has 0 aromatic heterocycles. The molecular weight excluding hydrogens is 304 g/mol. The highest BCUT2D eigenvalue weighted by molar-refractivity contribution is 5.98. The highest BCUT2D eigenvalue weighted by atomic mass is 19.1. The van der Waals surface area contributed by atoms with Gasteiger partial charge in [0.15, 0.2) is 0 Å². The number of esters is 1. The summed E-state index contributed by atoms with van der Waals surface area (Å²) in [5.74, 6) is -2.46. The van der Waals surface area contributed by atoms with E-state index in [0.29, 0.717) is 0 Å². The Hall–Kier alpha value is -2.76. The Morgan fingerprint density at radius 2 is 1.78 bits per heavy atom. The van der Waals surface area contributed by atoms with Crippen molar-refractivity contribution in [2.75, 3.05) is 7.11 Å². The molecule has 0 radical (unpaired) electrons. The first-order valence-corrected chi connectivity index (χ1v) is 6.86. The van der Waals surface area contributed by atoms with Crippen LogP contribution in [0.25, 0.3) is 0 Å². The highest BCUT2D eigenvalue weighted by Gasteiger charge is 2.16. The predicted molar refractivity (Wildman–Crippen MR) is 80.0 cm³/mol. The van der Waals surface area contributed by atoms with Crippen molar-refractivity contribution in [2.45, 2.75) is 13.0 Å². The lowest BCUT2D eigenvalue weighted by atomic mass is 10.1. The van der Waals surface area contributed by atoms with Crippen LogP contribution in [0.3, 0.4) is 0 Å². The topological polar surface area (TPSA) is 55.4 Å². The molecule has 0 saturated heterocycles. The maximum Gasteiger partial charge on any atom is 0.337 e. The van der Waals surface area contributed by atoms with Gasteiger partial charge < -0.3 is 10.1 Å². The van der Waals surface area contributed by atoms with Gasteiger partial charge in [0.05, 0.1) is 18.7 Å². The summed E-state index contributed by atoms with van der Waals surface area (Å²) in [6.45, 7) is 1.58. The summed E-state index contributed by atoms with van der Waals surface area (Å²) >= 11 is 0. The van der Waals surface area contributed by atoms with E-state index in [-0.39, 0.29) is 16.7 Å². The van der Waals surface area contributed by atoms with Crippen molar-refractivity contribution in [3.63, 3.8) is 0 Å². The Balaban J connectivity index is 2.16. The molecule has 6 heteroatoms. The van der Waals surface area contributed by atoms with E-state index in [1.165, 1.54) is 31.4 Å². The number of halogens is 2. The van der Waals surface area contributed by atoms with E-state index in [4.69, 9.17) is 0 Å². The Morgan fingerprint density at radius 3 is 2.43 bits per heavy atom. The largest absolute Gasteiger partial charge is 0.465 e. The molecule has 0 aliphatic carbocycles. The van der Waals surface area contributed by atoms with Crippen LogP contribution in [0, 0.1) is 11.6 Å². The van der Waals surface area contributed by atoms with Crippen molar-refractivity contribution in [1.29, 1.82) is 0 Å². The minimum absolute atomic E-state index is 0.170. The van der Waals surface area contributed by atoms with Gasteiger partial charge in [0.25, 0.3) is 5.91 Å². The first kappa shape index (κ1) is 16.6. The Bertz CT molecular complexity index is 746. The number of carbonyl (C=O) groups is 2. The second-order valence-electron chi connectivity index (χ2n) is 4.93. The van der Waals surface area contributed by atoms with Crippen LogP contribution in [-0.2, 0) is 4.74 Å². The van der Waals surface area contributed by atoms with Crippen LogP contribution in [0.1, 0.15) is 39.2 Å². The van der Waals surface area contributed by atoms with Gasteiger partial charge in [-0.05, 0) is 31.2 Å². The predicted octanol–water partition coefficient (Wildman–Crippen LogP) is 3.24. The van der Waals surface area contributed by atoms with Crippen molar-refractivity contribution in [3.8, 4) is 0 Å². The number of rotatable bonds is 4. The zero-order chi connectivity index (χ0) is 17.0. The maximum atomic E-state index is 13.7. The summed E-state index contributed by atoms with van der Waals surface area (Å²) in [6.07, 6.45) is 0. The number of hydrogen-bond acceptors (Lipinski definition) is 3. The molecule has 0 heterocycles. The SMILES string of the molecule is COC(=O)c1cccc(C(=O)NC(C)c2ccc(F)cc2F)c1. The van der Waals surface area contributed by atoms with Crippen LogP contribution in [0.2, 0.25) is 0 Å². The fourth-order valence-electron chi connectivity index (χ4n) is 2.12. The van der Waals surface area contributed by atoms with Crippen molar-refractivity contribution >= 4 is 11.9 Å². The number of amides is 1. The standard InChI is InChI=1S/C17H15F2NO3/c1-10(14-7-6-13(18)9-15(14)19)20-16(21)11-4-3-5-12(8-11)17(22)23-2/h3-10H,1-2H3,(H,20,21). The van der Waals surface area contributed by atoms with Crippen LogP contribution in [0.4, 0.5) is 8.78 Å². The average Bonchev–Trinajstić information content (AvgIpc) is 2.54. The molecular formula is C17H15F2NO3. The lowest BCUT2D eigenvalue weighted by molar-refractivity contribution is 0.0600. The second kappa shape index (κ2) is 7.00. The van der Waals surface area contributed by atoms with Crippen molar-refractivity contribution in [3.05, 3.63) is 70.8 Å². The third-order valence-corrected chi connectivity index (χ3v) is 3.32. The summed E-state index contributed by atoms with van der Waals surface area (Å²) in [4.78, 5) is 23.7. The van der Waals surface area contributed by atoms with Crippen molar-refractivity contribution in [1.82, 2.24) is 5.32 Å². The Labute approximate surface area is 132 Å². The first-order chi connectivity index (χ1) is 10.9. The van der Waals surface area contributed by atoms with E-state index >= 15 is 0 Å². The fourth-order valence-corrected chi connectivity index (χ4v) is 2.12. The molecule has 2 aromatic rings. The molecule has 23 heavy (non-hydrogen) atoms. The molecule has 1 N–H and O–H groups in total. The molecule has 1 atom stereocenters. The van der Waals surface area contributed by atoms with Crippen LogP contribution >= 0.6 is 0 Å². The maximum absolute atomic E-state index is 13.7. The van der Waals surface area contributed by atoms with E-state index in [2.05, 4.69) is 10.1 Å². The lowest BCUT2D eigenvalue weighted by Crippen LogP contribution is -2.27. The molecule has 1 unspecified atom stereocenters. The van der Waals surface area contributed by atoms with Crippen molar-refractivity contribution in [2.24, 2.45) is 0 Å². The zero-order valence-electron chi connectivity index (χ0n) is 12.6. The molecule has 1 amide bonds. The number of methoxy groups -OCH3 is 1. The molecule has 2 rings (SSSR count).